The van der Waals surface area contributed by atoms with E-state index >= 15 is 0 Å². The molecule has 30 heavy (non-hydrogen) atoms. The van der Waals surface area contributed by atoms with E-state index in [1.807, 2.05) is 30.3 Å². The van der Waals surface area contributed by atoms with Gasteiger partial charge in [0.05, 0.1) is 18.1 Å². The summed E-state index contributed by atoms with van der Waals surface area (Å²) in [6.45, 7) is 0.618. The maximum absolute atomic E-state index is 13.8. The van der Waals surface area contributed by atoms with Crippen molar-refractivity contribution >= 4 is 32.7 Å². The molecule has 0 bridgehead atoms. The van der Waals surface area contributed by atoms with Crippen LogP contribution in [-0.2, 0) is 13.2 Å². The van der Waals surface area contributed by atoms with Gasteiger partial charge in [0.25, 0.3) is 0 Å². The number of aromatic amines is 2. The Hall–Kier alpha value is -3.26. The number of benzene rings is 3. The lowest BCUT2D eigenvalue weighted by molar-refractivity contribution is 0.279. The number of aromatic nitrogens is 2. The molecule has 0 amide bonds. The lowest BCUT2D eigenvalue weighted by atomic mass is 10.2. The Morgan fingerprint density at radius 2 is 1.80 bits per heavy atom. The lowest BCUT2D eigenvalue weighted by Crippen LogP contribution is -2.03. The van der Waals surface area contributed by atoms with Gasteiger partial charge in [0, 0.05) is 22.3 Å². The van der Waals surface area contributed by atoms with Crippen molar-refractivity contribution in [3.8, 4) is 11.5 Å². The highest BCUT2D eigenvalue weighted by Crippen LogP contribution is 2.34. The molecule has 0 unspecified atom stereocenters. The largest absolute Gasteiger partial charge is 0.493 e. The molecule has 0 spiro atoms. The van der Waals surface area contributed by atoms with Crippen molar-refractivity contribution in [1.82, 2.24) is 9.97 Å². The molecule has 1 aromatic heterocycles. The van der Waals surface area contributed by atoms with Crippen molar-refractivity contribution in [2.75, 3.05) is 12.4 Å². The molecule has 0 fully saturated rings. The fourth-order valence-corrected chi connectivity index (χ4v) is 3.56. The normalized spacial score (nSPS) is 10.9. The van der Waals surface area contributed by atoms with Gasteiger partial charge in [0.1, 0.15) is 12.4 Å². The van der Waals surface area contributed by atoms with Crippen LogP contribution in [0.1, 0.15) is 11.1 Å². The van der Waals surface area contributed by atoms with Crippen LogP contribution >= 0.6 is 15.9 Å². The van der Waals surface area contributed by atoms with Gasteiger partial charge in [-0.15, -0.1) is 0 Å². The lowest BCUT2D eigenvalue weighted by Gasteiger charge is -2.15. The van der Waals surface area contributed by atoms with E-state index in [-0.39, 0.29) is 18.1 Å². The molecule has 6 nitrogen and oxygen atoms in total. The summed E-state index contributed by atoms with van der Waals surface area (Å²) in [5.74, 6) is 0.761. The Labute approximate surface area is 180 Å². The molecule has 0 saturated carbocycles. The third-order valence-electron chi connectivity index (χ3n) is 4.67. The highest BCUT2D eigenvalue weighted by molar-refractivity contribution is 9.10. The molecular weight excluding hydrogens is 453 g/mol. The number of imidazole rings is 1. The number of anilines is 1. The Morgan fingerprint density at radius 1 is 1.00 bits per heavy atom. The van der Waals surface area contributed by atoms with Crippen LogP contribution in [-0.4, -0.2) is 17.1 Å². The molecule has 8 heteroatoms. The molecule has 0 atom stereocenters. The van der Waals surface area contributed by atoms with Gasteiger partial charge in [-0.05, 0) is 42.0 Å². The zero-order valence-electron chi connectivity index (χ0n) is 16.1. The Kier molecular flexibility index (Phi) is 5.76. The van der Waals surface area contributed by atoms with Crippen molar-refractivity contribution in [3.63, 3.8) is 0 Å². The summed E-state index contributed by atoms with van der Waals surface area (Å²) in [6, 6.07) is 15.8. The summed E-state index contributed by atoms with van der Waals surface area (Å²) in [5, 5.41) is 3.33. The number of halogens is 2. The van der Waals surface area contributed by atoms with E-state index in [0.717, 1.165) is 26.8 Å². The fraction of sp³-hybridized carbons (Fsp3) is 0.136. The molecule has 4 rings (SSSR count). The zero-order valence-corrected chi connectivity index (χ0v) is 17.7. The summed E-state index contributed by atoms with van der Waals surface area (Å²) < 4.78 is 25.9. The van der Waals surface area contributed by atoms with Crippen molar-refractivity contribution in [2.24, 2.45) is 0 Å². The quantitative estimate of drug-likeness (QED) is 0.356. The smallest absolute Gasteiger partial charge is 0.323 e. The molecule has 4 aromatic rings. The highest BCUT2D eigenvalue weighted by Gasteiger charge is 2.12. The molecule has 1 heterocycles. The maximum atomic E-state index is 13.8. The number of hydrogen-bond donors (Lipinski definition) is 3. The summed E-state index contributed by atoms with van der Waals surface area (Å²) in [7, 11) is 1.56. The van der Waals surface area contributed by atoms with E-state index < -0.39 is 0 Å². The van der Waals surface area contributed by atoms with Gasteiger partial charge in [0.15, 0.2) is 11.5 Å². The van der Waals surface area contributed by atoms with Gasteiger partial charge in [-0.1, -0.05) is 34.1 Å². The van der Waals surface area contributed by atoms with Crippen LogP contribution in [0.5, 0.6) is 11.5 Å². The zero-order chi connectivity index (χ0) is 21.1. The number of fused-ring (bicyclic) bond motifs is 1. The molecule has 3 aromatic carbocycles. The second kappa shape index (κ2) is 8.62. The van der Waals surface area contributed by atoms with Crippen LogP contribution in [0.4, 0.5) is 10.1 Å². The first kappa shape index (κ1) is 20.0. The Balaban J connectivity index is 1.49. The highest BCUT2D eigenvalue weighted by atomic mass is 79.9. The number of ether oxygens (including phenoxy) is 2. The summed E-state index contributed by atoms with van der Waals surface area (Å²) in [4.78, 5) is 16.9. The average molecular weight is 472 g/mol. The number of H-pyrrole nitrogens is 2. The standard InChI is InChI=1S/C22H19BrFN3O3/c1-29-20-8-14(11-25-15-6-7-18-19(9-15)27-22(28)26-18)16(23)10-21(20)30-12-13-4-2-3-5-17(13)24/h2-10,25H,11-12H2,1H3,(H2,26,27,28). The summed E-state index contributed by atoms with van der Waals surface area (Å²) in [6.07, 6.45) is 0. The first-order valence-electron chi connectivity index (χ1n) is 9.22. The summed E-state index contributed by atoms with van der Waals surface area (Å²) in [5.41, 5.74) is 3.54. The number of methoxy groups -OCH3 is 1. The van der Waals surface area contributed by atoms with Crippen LogP contribution < -0.4 is 20.5 Å². The second-order valence-electron chi connectivity index (χ2n) is 6.67. The molecule has 0 aliphatic rings. The topological polar surface area (TPSA) is 79.1 Å². The molecule has 154 valence electrons. The SMILES string of the molecule is COc1cc(CNc2ccc3[nH]c(=O)[nH]c3c2)c(Br)cc1OCc1ccccc1F. The van der Waals surface area contributed by atoms with Crippen molar-refractivity contribution in [2.45, 2.75) is 13.2 Å². The predicted octanol–water partition coefficient (Wildman–Crippen LogP) is 4.96. The van der Waals surface area contributed by atoms with E-state index in [1.54, 1.807) is 25.3 Å². The first-order chi connectivity index (χ1) is 14.5. The second-order valence-corrected chi connectivity index (χ2v) is 7.52. The number of hydrogen-bond acceptors (Lipinski definition) is 4. The molecular formula is C22H19BrFN3O3. The minimum Gasteiger partial charge on any atom is -0.493 e. The van der Waals surface area contributed by atoms with Gasteiger partial charge in [-0.3, -0.25) is 0 Å². The molecule has 0 saturated heterocycles. The van der Waals surface area contributed by atoms with E-state index in [0.29, 0.717) is 23.6 Å². The predicted molar refractivity (Wildman–Crippen MR) is 118 cm³/mol. The van der Waals surface area contributed by atoms with Gasteiger partial charge in [-0.25, -0.2) is 9.18 Å². The van der Waals surface area contributed by atoms with Crippen LogP contribution in [0.3, 0.4) is 0 Å². The third-order valence-corrected chi connectivity index (χ3v) is 5.41. The van der Waals surface area contributed by atoms with Crippen LogP contribution in [0.15, 0.2) is 63.9 Å². The molecule has 3 N–H and O–H groups in total. The van der Waals surface area contributed by atoms with Gasteiger partial charge < -0.3 is 24.8 Å². The van der Waals surface area contributed by atoms with Crippen LogP contribution in [0.25, 0.3) is 11.0 Å². The van der Waals surface area contributed by atoms with E-state index in [1.165, 1.54) is 6.07 Å². The third kappa shape index (κ3) is 4.33. The minimum absolute atomic E-state index is 0.0992. The Bertz CT molecular complexity index is 1250. The molecule has 0 radical (unpaired) electrons. The maximum Gasteiger partial charge on any atom is 0.323 e. The van der Waals surface area contributed by atoms with Gasteiger partial charge in [0.2, 0.25) is 0 Å². The molecule has 0 aliphatic carbocycles. The minimum atomic E-state index is -0.308. The Morgan fingerprint density at radius 3 is 2.60 bits per heavy atom. The van der Waals surface area contributed by atoms with Gasteiger partial charge >= 0.3 is 5.69 Å². The van der Waals surface area contributed by atoms with Crippen molar-refractivity contribution in [1.29, 1.82) is 0 Å². The van der Waals surface area contributed by atoms with Crippen molar-refractivity contribution < 1.29 is 13.9 Å². The fourth-order valence-electron chi connectivity index (χ4n) is 3.10. The summed E-state index contributed by atoms with van der Waals surface area (Å²) >= 11 is 3.57. The van der Waals surface area contributed by atoms with E-state index in [2.05, 4.69) is 31.2 Å². The van der Waals surface area contributed by atoms with Crippen LogP contribution in [0.2, 0.25) is 0 Å². The van der Waals surface area contributed by atoms with Gasteiger partial charge in [-0.2, -0.15) is 0 Å². The first-order valence-corrected chi connectivity index (χ1v) is 10.0. The van der Waals surface area contributed by atoms with Crippen molar-refractivity contribution in [3.05, 3.63) is 86.5 Å². The monoisotopic (exact) mass is 471 g/mol. The van der Waals surface area contributed by atoms with E-state index in [4.69, 9.17) is 9.47 Å². The number of rotatable bonds is 7. The van der Waals surface area contributed by atoms with Crippen LogP contribution in [0, 0.1) is 5.82 Å². The molecule has 0 aliphatic heterocycles. The number of nitrogens with one attached hydrogen (secondary N) is 3. The average Bonchev–Trinajstić information content (AvgIpc) is 3.11. The van der Waals surface area contributed by atoms with E-state index in [9.17, 15) is 9.18 Å².